The summed E-state index contributed by atoms with van der Waals surface area (Å²) in [7, 11) is -3.09. The van der Waals surface area contributed by atoms with Crippen molar-refractivity contribution in [3.05, 3.63) is 35.9 Å². The maximum Gasteiger partial charge on any atom is 0.214 e. The predicted molar refractivity (Wildman–Crippen MR) is 86.9 cm³/mol. The minimum Gasteiger partial charge on any atom is -0.301 e. The summed E-state index contributed by atoms with van der Waals surface area (Å²) in [6, 6.07) is 10.1. The first-order valence-corrected chi connectivity index (χ1v) is 9.47. The van der Waals surface area contributed by atoms with Crippen LogP contribution in [0.1, 0.15) is 25.3 Å². The van der Waals surface area contributed by atoms with E-state index >= 15 is 0 Å². The van der Waals surface area contributed by atoms with Gasteiger partial charge in [-0.15, -0.1) is 0 Å². The SMILES string of the molecule is CCCN1CCN(S(=O)(=O)CCCc2ccccc2)CC1. The molecule has 0 atom stereocenters. The topological polar surface area (TPSA) is 40.6 Å². The molecule has 0 saturated carbocycles. The average Bonchev–Trinajstić information content (AvgIpc) is 2.49. The second kappa shape index (κ2) is 7.92. The summed E-state index contributed by atoms with van der Waals surface area (Å²) >= 11 is 0. The van der Waals surface area contributed by atoms with Crippen molar-refractivity contribution < 1.29 is 8.42 Å². The van der Waals surface area contributed by atoms with Gasteiger partial charge in [0.15, 0.2) is 0 Å². The highest BCUT2D eigenvalue weighted by Crippen LogP contribution is 2.11. The zero-order valence-electron chi connectivity index (χ0n) is 12.9. The lowest BCUT2D eigenvalue weighted by molar-refractivity contribution is 0.188. The Balaban J connectivity index is 1.77. The van der Waals surface area contributed by atoms with E-state index in [9.17, 15) is 8.42 Å². The van der Waals surface area contributed by atoms with Crippen molar-refractivity contribution in [3.63, 3.8) is 0 Å². The fraction of sp³-hybridized carbons (Fsp3) is 0.625. The normalized spacial score (nSPS) is 18.0. The maximum absolute atomic E-state index is 12.3. The number of hydrogen-bond donors (Lipinski definition) is 0. The van der Waals surface area contributed by atoms with Crippen LogP contribution in [0.4, 0.5) is 0 Å². The van der Waals surface area contributed by atoms with Crippen LogP contribution in [-0.2, 0) is 16.4 Å². The third-order valence-corrected chi connectivity index (χ3v) is 5.93. The van der Waals surface area contributed by atoms with Crippen LogP contribution in [-0.4, -0.2) is 56.1 Å². The fourth-order valence-corrected chi connectivity index (χ4v) is 4.27. The summed E-state index contributed by atoms with van der Waals surface area (Å²) in [5.74, 6) is 0.260. The second-order valence-electron chi connectivity index (χ2n) is 5.65. The number of rotatable bonds is 7. The van der Waals surface area contributed by atoms with Gasteiger partial charge in [0.25, 0.3) is 0 Å². The number of hydrogen-bond acceptors (Lipinski definition) is 3. The van der Waals surface area contributed by atoms with Gasteiger partial charge in [0, 0.05) is 26.2 Å². The Labute approximate surface area is 128 Å². The lowest BCUT2D eigenvalue weighted by Crippen LogP contribution is -2.49. The molecule has 0 aliphatic carbocycles. The Hall–Kier alpha value is -0.910. The molecule has 118 valence electrons. The average molecular weight is 310 g/mol. The molecule has 4 nitrogen and oxygen atoms in total. The zero-order chi connectivity index (χ0) is 15.1. The van der Waals surface area contributed by atoms with Crippen molar-refractivity contribution in [1.29, 1.82) is 0 Å². The van der Waals surface area contributed by atoms with Gasteiger partial charge >= 0.3 is 0 Å². The Morgan fingerprint density at radius 2 is 1.71 bits per heavy atom. The molecule has 1 aromatic carbocycles. The van der Waals surface area contributed by atoms with Crippen molar-refractivity contribution >= 4 is 10.0 Å². The molecular formula is C16H26N2O2S. The van der Waals surface area contributed by atoms with Crippen LogP contribution in [0.25, 0.3) is 0 Å². The van der Waals surface area contributed by atoms with Crippen LogP contribution >= 0.6 is 0 Å². The lowest BCUT2D eigenvalue weighted by Gasteiger charge is -2.33. The maximum atomic E-state index is 12.3. The predicted octanol–water partition coefficient (Wildman–Crippen LogP) is 1.98. The van der Waals surface area contributed by atoms with Crippen molar-refractivity contribution in [3.8, 4) is 0 Å². The Morgan fingerprint density at radius 3 is 2.33 bits per heavy atom. The minimum atomic E-state index is -3.09. The van der Waals surface area contributed by atoms with E-state index in [0.29, 0.717) is 19.5 Å². The molecule has 0 N–H and O–H groups in total. The zero-order valence-corrected chi connectivity index (χ0v) is 13.7. The molecule has 0 aromatic heterocycles. The molecular weight excluding hydrogens is 284 g/mol. The molecule has 0 spiro atoms. The smallest absolute Gasteiger partial charge is 0.214 e. The van der Waals surface area contributed by atoms with E-state index < -0.39 is 10.0 Å². The second-order valence-corrected chi connectivity index (χ2v) is 7.73. The summed E-state index contributed by atoms with van der Waals surface area (Å²) in [5, 5.41) is 0. The highest BCUT2D eigenvalue weighted by molar-refractivity contribution is 7.89. The van der Waals surface area contributed by atoms with Gasteiger partial charge in [0.1, 0.15) is 0 Å². The van der Waals surface area contributed by atoms with E-state index in [2.05, 4.69) is 24.0 Å². The van der Waals surface area contributed by atoms with Gasteiger partial charge in [-0.25, -0.2) is 8.42 Å². The number of nitrogens with zero attached hydrogens (tertiary/aromatic N) is 2. The van der Waals surface area contributed by atoms with Gasteiger partial charge in [0.05, 0.1) is 5.75 Å². The van der Waals surface area contributed by atoms with Crippen molar-refractivity contribution in [1.82, 2.24) is 9.21 Å². The third kappa shape index (κ3) is 5.09. The first kappa shape index (κ1) is 16.5. The summed E-state index contributed by atoms with van der Waals surface area (Å²) in [5.41, 5.74) is 1.21. The molecule has 0 amide bonds. The van der Waals surface area contributed by atoms with Gasteiger partial charge in [0.2, 0.25) is 10.0 Å². The number of aryl methyl sites for hydroxylation is 1. The first-order valence-electron chi connectivity index (χ1n) is 7.86. The van der Waals surface area contributed by atoms with Crippen LogP contribution in [0.15, 0.2) is 30.3 Å². The number of benzene rings is 1. The first-order chi connectivity index (χ1) is 10.1. The quantitative estimate of drug-likeness (QED) is 0.773. The van der Waals surface area contributed by atoms with Crippen molar-refractivity contribution in [2.75, 3.05) is 38.5 Å². The highest BCUT2D eigenvalue weighted by Gasteiger charge is 2.25. The van der Waals surface area contributed by atoms with Gasteiger partial charge in [-0.2, -0.15) is 4.31 Å². The van der Waals surface area contributed by atoms with Gasteiger partial charge in [-0.05, 0) is 31.4 Å². The van der Waals surface area contributed by atoms with E-state index in [1.165, 1.54) is 5.56 Å². The van der Waals surface area contributed by atoms with E-state index in [0.717, 1.165) is 32.5 Å². The molecule has 1 aliphatic heterocycles. The molecule has 0 bridgehead atoms. The van der Waals surface area contributed by atoms with E-state index in [1.54, 1.807) is 4.31 Å². The minimum absolute atomic E-state index is 0.260. The molecule has 0 radical (unpaired) electrons. The fourth-order valence-electron chi connectivity index (χ4n) is 2.78. The summed E-state index contributed by atoms with van der Waals surface area (Å²) < 4.78 is 26.4. The lowest BCUT2D eigenvalue weighted by atomic mass is 10.1. The standard InChI is InChI=1S/C16H26N2O2S/c1-2-10-17-11-13-18(14-12-17)21(19,20)15-6-9-16-7-4-3-5-8-16/h3-5,7-8H,2,6,9-15H2,1H3. The van der Waals surface area contributed by atoms with Crippen LogP contribution in [0.2, 0.25) is 0 Å². The van der Waals surface area contributed by atoms with Gasteiger partial charge in [-0.3, -0.25) is 0 Å². The van der Waals surface area contributed by atoms with Crippen molar-refractivity contribution in [2.24, 2.45) is 0 Å². The van der Waals surface area contributed by atoms with E-state index in [4.69, 9.17) is 0 Å². The molecule has 0 unspecified atom stereocenters. The Morgan fingerprint density at radius 1 is 1.05 bits per heavy atom. The number of piperazine rings is 1. The molecule has 5 heteroatoms. The van der Waals surface area contributed by atoms with E-state index in [1.807, 2.05) is 18.2 Å². The van der Waals surface area contributed by atoms with E-state index in [-0.39, 0.29) is 5.75 Å². The number of sulfonamides is 1. The van der Waals surface area contributed by atoms with Gasteiger partial charge in [-0.1, -0.05) is 37.3 Å². The van der Waals surface area contributed by atoms with Crippen LogP contribution in [0.5, 0.6) is 0 Å². The summed E-state index contributed by atoms with van der Waals surface area (Å²) in [6.45, 7) is 6.26. The summed E-state index contributed by atoms with van der Waals surface area (Å²) in [4.78, 5) is 2.34. The van der Waals surface area contributed by atoms with Gasteiger partial charge < -0.3 is 4.90 Å². The molecule has 1 heterocycles. The molecule has 1 saturated heterocycles. The monoisotopic (exact) mass is 310 g/mol. The Bertz CT molecular complexity index is 508. The van der Waals surface area contributed by atoms with Crippen molar-refractivity contribution in [2.45, 2.75) is 26.2 Å². The molecule has 1 aromatic rings. The largest absolute Gasteiger partial charge is 0.301 e. The third-order valence-electron chi connectivity index (χ3n) is 3.98. The molecule has 1 fully saturated rings. The van der Waals surface area contributed by atoms with Crippen LogP contribution < -0.4 is 0 Å². The molecule has 21 heavy (non-hydrogen) atoms. The molecule has 2 rings (SSSR count). The van der Waals surface area contributed by atoms with Crippen LogP contribution in [0.3, 0.4) is 0 Å². The Kier molecular flexibility index (Phi) is 6.21. The summed E-state index contributed by atoms with van der Waals surface area (Å²) in [6.07, 6.45) is 2.65. The highest BCUT2D eigenvalue weighted by atomic mass is 32.2. The van der Waals surface area contributed by atoms with Crippen LogP contribution in [0, 0.1) is 0 Å². The molecule has 1 aliphatic rings.